The molecule has 0 aliphatic heterocycles. The van der Waals surface area contributed by atoms with Gasteiger partial charge in [0.1, 0.15) is 7.85 Å². The molecule has 31 heavy (non-hydrogen) atoms. The van der Waals surface area contributed by atoms with Crippen molar-refractivity contribution in [1.82, 2.24) is 25.0 Å². The second-order valence-electron chi connectivity index (χ2n) is 6.42. The van der Waals surface area contributed by atoms with Gasteiger partial charge in [-0.15, -0.1) is 10.2 Å². The minimum atomic E-state index is -4.67. The zero-order valence-electron chi connectivity index (χ0n) is 15.7. The first kappa shape index (κ1) is 20.3. The van der Waals surface area contributed by atoms with Crippen LogP contribution >= 0.6 is 0 Å². The predicted molar refractivity (Wildman–Crippen MR) is 107 cm³/mol. The lowest BCUT2D eigenvalue weighted by Gasteiger charge is -2.09. The minimum Gasteiger partial charge on any atom is -0.305 e. The molecule has 152 valence electrons. The van der Waals surface area contributed by atoms with E-state index in [0.29, 0.717) is 21.3 Å². The standard InChI is InChI=1S/C20H12BF3N6O/c21-14-5-3-12(4-6-14)19(31)26-17-7-8-18(28-27-17)30-16(20(22,23)24)10-15(29-30)13-2-1-9-25-11-13/h1-11H,(H,26,27,31). The number of nitrogens with zero attached hydrogens (tertiary/aromatic N) is 5. The predicted octanol–water partition coefficient (Wildman–Crippen LogP) is 2.79. The molecule has 0 bridgehead atoms. The third-order valence-corrected chi connectivity index (χ3v) is 4.24. The number of benzene rings is 1. The van der Waals surface area contributed by atoms with E-state index in [-0.39, 0.29) is 17.3 Å². The monoisotopic (exact) mass is 420 g/mol. The van der Waals surface area contributed by atoms with Gasteiger partial charge in [-0.3, -0.25) is 9.78 Å². The maximum atomic E-state index is 13.5. The molecule has 1 N–H and O–H groups in total. The number of hydrogen-bond donors (Lipinski definition) is 1. The number of pyridine rings is 1. The lowest BCUT2D eigenvalue weighted by Crippen LogP contribution is -2.16. The van der Waals surface area contributed by atoms with Crippen LogP contribution in [0.3, 0.4) is 0 Å². The summed E-state index contributed by atoms with van der Waals surface area (Å²) in [5, 5.41) is 14.1. The van der Waals surface area contributed by atoms with E-state index in [1.54, 1.807) is 24.3 Å². The van der Waals surface area contributed by atoms with E-state index in [2.05, 4.69) is 25.6 Å². The Labute approximate surface area is 175 Å². The summed E-state index contributed by atoms with van der Waals surface area (Å²) in [6.45, 7) is 0. The number of aromatic nitrogens is 5. The highest BCUT2D eigenvalue weighted by Gasteiger charge is 2.37. The van der Waals surface area contributed by atoms with Crippen molar-refractivity contribution in [1.29, 1.82) is 0 Å². The second-order valence-corrected chi connectivity index (χ2v) is 6.42. The quantitative estimate of drug-likeness (QED) is 0.514. The number of halogens is 3. The van der Waals surface area contributed by atoms with Crippen molar-refractivity contribution >= 4 is 25.0 Å². The maximum absolute atomic E-state index is 13.5. The number of carbonyl (C=O) groups excluding carboxylic acids is 1. The van der Waals surface area contributed by atoms with Gasteiger partial charge in [-0.1, -0.05) is 29.7 Å². The van der Waals surface area contributed by atoms with Gasteiger partial charge < -0.3 is 5.32 Å². The van der Waals surface area contributed by atoms with E-state index in [1.807, 2.05) is 0 Å². The Bertz CT molecular complexity index is 1210. The molecule has 4 aromatic rings. The number of amides is 1. The Morgan fingerprint density at radius 1 is 1.03 bits per heavy atom. The second kappa shape index (κ2) is 8.02. The van der Waals surface area contributed by atoms with E-state index >= 15 is 0 Å². The van der Waals surface area contributed by atoms with Crippen molar-refractivity contribution < 1.29 is 18.0 Å². The molecule has 7 nitrogen and oxygen atoms in total. The summed E-state index contributed by atoms with van der Waals surface area (Å²) in [5.41, 5.74) is 0.341. The molecular formula is C20H12BF3N6O. The van der Waals surface area contributed by atoms with E-state index < -0.39 is 17.8 Å². The van der Waals surface area contributed by atoms with Crippen molar-refractivity contribution in [3.63, 3.8) is 0 Å². The van der Waals surface area contributed by atoms with E-state index in [1.165, 1.54) is 36.7 Å². The highest BCUT2D eigenvalue weighted by Crippen LogP contribution is 2.33. The van der Waals surface area contributed by atoms with Crippen LogP contribution in [0.1, 0.15) is 16.1 Å². The fourth-order valence-corrected chi connectivity index (χ4v) is 2.74. The Kier molecular flexibility index (Phi) is 5.24. The average Bonchev–Trinajstić information content (AvgIpc) is 3.21. The molecule has 0 unspecified atom stereocenters. The first-order valence-electron chi connectivity index (χ1n) is 8.90. The number of hydrogen-bond acceptors (Lipinski definition) is 5. The summed E-state index contributed by atoms with van der Waals surface area (Å²) in [6, 6.07) is 12.9. The molecule has 0 spiro atoms. The van der Waals surface area contributed by atoms with Crippen LogP contribution in [0, 0.1) is 0 Å². The Morgan fingerprint density at radius 2 is 1.81 bits per heavy atom. The smallest absolute Gasteiger partial charge is 0.305 e. The van der Waals surface area contributed by atoms with Crippen molar-refractivity contribution in [2.75, 3.05) is 5.32 Å². The molecular weight excluding hydrogens is 408 g/mol. The Balaban J connectivity index is 1.62. The highest BCUT2D eigenvalue weighted by molar-refractivity contribution is 6.32. The molecule has 1 aromatic carbocycles. The van der Waals surface area contributed by atoms with Gasteiger partial charge in [0, 0.05) is 23.5 Å². The van der Waals surface area contributed by atoms with Gasteiger partial charge in [-0.2, -0.15) is 18.3 Å². The van der Waals surface area contributed by atoms with E-state index in [9.17, 15) is 18.0 Å². The number of rotatable bonds is 4. The number of nitrogens with one attached hydrogen (secondary N) is 1. The summed E-state index contributed by atoms with van der Waals surface area (Å²) in [4.78, 5) is 16.1. The summed E-state index contributed by atoms with van der Waals surface area (Å²) in [5.74, 6) is -0.553. The summed E-state index contributed by atoms with van der Waals surface area (Å²) >= 11 is 0. The van der Waals surface area contributed by atoms with Crippen molar-refractivity contribution in [3.05, 3.63) is 78.2 Å². The molecule has 0 fully saturated rings. The molecule has 0 aliphatic rings. The van der Waals surface area contributed by atoms with Crippen LogP contribution in [0.5, 0.6) is 0 Å². The summed E-state index contributed by atoms with van der Waals surface area (Å²) in [6.07, 6.45) is -1.75. The minimum absolute atomic E-state index is 0.0683. The van der Waals surface area contributed by atoms with Gasteiger partial charge in [0.05, 0.1) is 5.69 Å². The van der Waals surface area contributed by atoms with Crippen LogP contribution in [0.15, 0.2) is 67.0 Å². The van der Waals surface area contributed by atoms with Crippen LogP contribution in [0.4, 0.5) is 19.0 Å². The zero-order valence-corrected chi connectivity index (χ0v) is 15.7. The van der Waals surface area contributed by atoms with Gasteiger partial charge in [-0.25, -0.2) is 4.68 Å². The van der Waals surface area contributed by atoms with Gasteiger partial charge in [-0.05, 0) is 30.3 Å². The first-order chi connectivity index (χ1) is 14.8. The van der Waals surface area contributed by atoms with Crippen LogP contribution in [0.25, 0.3) is 17.1 Å². The third kappa shape index (κ3) is 4.45. The molecule has 2 radical (unpaired) electrons. The van der Waals surface area contributed by atoms with E-state index in [4.69, 9.17) is 7.85 Å². The molecule has 3 aromatic heterocycles. The molecule has 0 aliphatic carbocycles. The normalized spacial score (nSPS) is 11.3. The van der Waals surface area contributed by atoms with Crippen molar-refractivity contribution in [2.45, 2.75) is 6.18 Å². The van der Waals surface area contributed by atoms with Crippen LogP contribution in [0.2, 0.25) is 0 Å². The molecule has 0 saturated carbocycles. The SMILES string of the molecule is [B]c1ccc(C(=O)Nc2ccc(-n3nc(-c4cccnc4)cc3C(F)(F)F)nn2)cc1. The Morgan fingerprint density at radius 3 is 2.42 bits per heavy atom. The van der Waals surface area contributed by atoms with Crippen molar-refractivity contribution in [3.8, 4) is 17.1 Å². The Hall–Kier alpha value is -4.02. The molecule has 3 heterocycles. The molecule has 0 saturated heterocycles. The van der Waals surface area contributed by atoms with Crippen LogP contribution in [-0.4, -0.2) is 38.7 Å². The van der Waals surface area contributed by atoms with Crippen LogP contribution < -0.4 is 10.8 Å². The van der Waals surface area contributed by atoms with Gasteiger partial charge >= 0.3 is 6.18 Å². The number of carbonyl (C=O) groups is 1. The van der Waals surface area contributed by atoms with Gasteiger partial charge in [0.15, 0.2) is 17.3 Å². The average molecular weight is 420 g/mol. The van der Waals surface area contributed by atoms with Crippen LogP contribution in [-0.2, 0) is 6.18 Å². The number of alkyl halides is 3. The molecule has 0 atom stereocenters. The molecule has 1 amide bonds. The van der Waals surface area contributed by atoms with Gasteiger partial charge in [0.2, 0.25) is 0 Å². The summed E-state index contributed by atoms with van der Waals surface area (Å²) in [7, 11) is 5.59. The maximum Gasteiger partial charge on any atom is 0.433 e. The fourth-order valence-electron chi connectivity index (χ4n) is 2.74. The van der Waals surface area contributed by atoms with Crippen molar-refractivity contribution in [2.24, 2.45) is 0 Å². The summed E-state index contributed by atoms with van der Waals surface area (Å²) < 4.78 is 41.3. The van der Waals surface area contributed by atoms with Gasteiger partial charge in [0.25, 0.3) is 5.91 Å². The molecule has 11 heteroatoms. The lowest BCUT2D eigenvalue weighted by atomic mass is 9.95. The zero-order chi connectivity index (χ0) is 22.0. The lowest BCUT2D eigenvalue weighted by molar-refractivity contribution is -0.142. The number of anilines is 1. The largest absolute Gasteiger partial charge is 0.433 e. The third-order valence-electron chi connectivity index (χ3n) is 4.24. The highest BCUT2D eigenvalue weighted by atomic mass is 19.4. The first-order valence-corrected chi connectivity index (χ1v) is 8.90. The molecule has 4 rings (SSSR count). The fraction of sp³-hybridized carbons (Fsp3) is 0.0500. The topological polar surface area (TPSA) is 85.6 Å². The van der Waals surface area contributed by atoms with E-state index in [0.717, 1.165) is 6.07 Å².